The number of aryl methyl sites for hydroxylation is 1. The van der Waals surface area contributed by atoms with Crippen LogP contribution in [0.1, 0.15) is 33.8 Å². The van der Waals surface area contributed by atoms with Crippen molar-refractivity contribution in [1.82, 2.24) is 14.6 Å². The van der Waals surface area contributed by atoms with Crippen molar-refractivity contribution in [2.75, 3.05) is 26.7 Å². The number of aromatic nitrogens is 1. The molecule has 0 unspecified atom stereocenters. The number of methoxy groups -OCH3 is 1. The van der Waals surface area contributed by atoms with Gasteiger partial charge >= 0.3 is 0 Å². The smallest absolute Gasteiger partial charge is 0.251 e. The van der Waals surface area contributed by atoms with E-state index < -0.39 is 10.0 Å². The van der Waals surface area contributed by atoms with Gasteiger partial charge in [-0.2, -0.15) is 4.31 Å². The van der Waals surface area contributed by atoms with Gasteiger partial charge in [0.2, 0.25) is 10.0 Å². The predicted octanol–water partition coefficient (Wildman–Crippen LogP) is 3.88. The van der Waals surface area contributed by atoms with E-state index in [2.05, 4.69) is 10.3 Å². The normalized spacial score (nSPS) is 14.4. The zero-order chi connectivity index (χ0) is 23.4. The van der Waals surface area contributed by atoms with E-state index in [1.165, 1.54) is 23.5 Å². The fourth-order valence-corrected chi connectivity index (χ4v) is 6.17. The summed E-state index contributed by atoms with van der Waals surface area (Å²) >= 11 is 1.62. The van der Waals surface area contributed by atoms with E-state index in [9.17, 15) is 13.2 Å². The lowest BCUT2D eigenvalue weighted by Crippen LogP contribution is -2.29. The Morgan fingerprint density at radius 2 is 1.88 bits per heavy atom. The second-order valence-electron chi connectivity index (χ2n) is 7.93. The summed E-state index contributed by atoms with van der Waals surface area (Å²) in [6.45, 7) is 3.40. The first-order chi connectivity index (χ1) is 15.9. The van der Waals surface area contributed by atoms with Crippen LogP contribution in [0.2, 0.25) is 0 Å². The number of sulfonamides is 1. The highest BCUT2D eigenvalue weighted by Gasteiger charge is 2.30. The Morgan fingerprint density at radius 3 is 2.52 bits per heavy atom. The summed E-state index contributed by atoms with van der Waals surface area (Å²) in [5, 5.41) is 5.96. The topological polar surface area (TPSA) is 88.6 Å². The van der Waals surface area contributed by atoms with Gasteiger partial charge < -0.3 is 10.1 Å². The zero-order valence-corrected chi connectivity index (χ0v) is 20.3. The van der Waals surface area contributed by atoms with Gasteiger partial charge in [-0.3, -0.25) is 4.79 Å². The maximum absolute atomic E-state index is 13.0. The van der Waals surface area contributed by atoms with E-state index in [-0.39, 0.29) is 16.6 Å². The lowest BCUT2D eigenvalue weighted by Gasteiger charge is -2.18. The molecule has 0 spiro atoms. The zero-order valence-electron chi connectivity index (χ0n) is 18.7. The van der Waals surface area contributed by atoms with Crippen LogP contribution < -0.4 is 10.1 Å². The summed E-state index contributed by atoms with van der Waals surface area (Å²) in [6, 6.07) is 12.7. The van der Waals surface area contributed by atoms with Crippen LogP contribution in [0.15, 0.2) is 52.7 Å². The molecule has 0 radical (unpaired) electrons. The molecule has 1 fully saturated rings. The van der Waals surface area contributed by atoms with Gasteiger partial charge in [-0.25, -0.2) is 13.4 Å². The fraction of sp³-hybridized carbons (Fsp3) is 0.333. The van der Waals surface area contributed by atoms with Crippen molar-refractivity contribution in [2.24, 2.45) is 0 Å². The van der Waals surface area contributed by atoms with E-state index >= 15 is 0 Å². The Labute approximate surface area is 198 Å². The first-order valence-electron chi connectivity index (χ1n) is 10.9. The summed E-state index contributed by atoms with van der Waals surface area (Å²) in [4.78, 5) is 17.2. The second-order valence-corrected chi connectivity index (χ2v) is 10.9. The van der Waals surface area contributed by atoms with E-state index in [0.29, 0.717) is 31.6 Å². The van der Waals surface area contributed by atoms with Crippen LogP contribution >= 0.6 is 11.3 Å². The van der Waals surface area contributed by atoms with E-state index in [1.807, 2.05) is 36.6 Å². The van der Waals surface area contributed by atoms with Crippen molar-refractivity contribution in [3.05, 3.63) is 64.0 Å². The van der Waals surface area contributed by atoms with Crippen LogP contribution in [0, 0.1) is 6.92 Å². The second kappa shape index (κ2) is 10.0. The van der Waals surface area contributed by atoms with Crippen LogP contribution in [0.4, 0.5) is 0 Å². The molecule has 1 aromatic heterocycles. The van der Waals surface area contributed by atoms with Gasteiger partial charge in [0.25, 0.3) is 5.91 Å². The van der Waals surface area contributed by atoms with Gasteiger partial charge in [-0.1, -0.05) is 24.3 Å². The molecule has 0 atom stereocenters. The molecule has 33 heavy (non-hydrogen) atoms. The average molecular weight is 486 g/mol. The molecule has 9 heteroatoms. The van der Waals surface area contributed by atoms with Crippen LogP contribution in [-0.4, -0.2) is 50.4 Å². The highest BCUT2D eigenvalue weighted by Crippen LogP contribution is 2.30. The largest absolute Gasteiger partial charge is 0.495 e. The molecule has 7 nitrogen and oxygen atoms in total. The maximum atomic E-state index is 13.0. The van der Waals surface area contributed by atoms with Crippen molar-refractivity contribution in [1.29, 1.82) is 0 Å². The molecule has 1 aliphatic heterocycles. The molecule has 0 aliphatic carbocycles. The predicted molar refractivity (Wildman–Crippen MR) is 129 cm³/mol. The highest BCUT2D eigenvalue weighted by atomic mass is 32.2. The summed E-state index contributed by atoms with van der Waals surface area (Å²) in [5.41, 5.74) is 3.43. The minimum absolute atomic E-state index is 0.0346. The highest BCUT2D eigenvalue weighted by molar-refractivity contribution is 7.89. The molecule has 2 heterocycles. The first kappa shape index (κ1) is 23.4. The molecule has 1 amide bonds. The Morgan fingerprint density at radius 1 is 1.15 bits per heavy atom. The number of nitrogens with one attached hydrogen (secondary N) is 1. The number of carbonyl (C=O) groups is 1. The maximum Gasteiger partial charge on any atom is 0.251 e. The number of hydrogen-bond donors (Lipinski definition) is 1. The molecule has 1 N–H and O–H groups in total. The molecule has 0 bridgehead atoms. The molecule has 174 valence electrons. The molecule has 2 aromatic carbocycles. The standard InChI is InChI=1S/C24H27N3O4S2/c1-17-26-21(16-32-17)19-7-5-18(6-8-19)11-12-25-24(28)20-9-10-22(31-2)23(15-20)33(29,30)27-13-3-4-14-27/h5-10,15-16H,3-4,11-14H2,1-2H3,(H,25,28). The van der Waals surface area contributed by atoms with Crippen molar-refractivity contribution in [3.8, 4) is 17.0 Å². The minimum Gasteiger partial charge on any atom is -0.495 e. The van der Waals surface area contributed by atoms with E-state index in [0.717, 1.165) is 34.7 Å². The lowest BCUT2D eigenvalue weighted by molar-refractivity contribution is 0.0954. The van der Waals surface area contributed by atoms with Crippen LogP contribution in [0.3, 0.4) is 0 Å². The molecular formula is C24H27N3O4S2. The quantitative estimate of drug-likeness (QED) is 0.523. The lowest BCUT2D eigenvalue weighted by atomic mass is 10.1. The Balaban J connectivity index is 1.40. The van der Waals surface area contributed by atoms with Gasteiger partial charge in [-0.05, 0) is 49.9 Å². The van der Waals surface area contributed by atoms with Crippen LogP contribution in [0.25, 0.3) is 11.3 Å². The SMILES string of the molecule is COc1ccc(C(=O)NCCc2ccc(-c3csc(C)n3)cc2)cc1S(=O)(=O)N1CCCC1. The van der Waals surface area contributed by atoms with Crippen molar-refractivity contribution < 1.29 is 17.9 Å². The Bertz CT molecular complexity index is 1230. The number of rotatable bonds is 8. The van der Waals surface area contributed by atoms with Crippen LogP contribution in [0.5, 0.6) is 5.75 Å². The fourth-order valence-electron chi connectivity index (χ4n) is 3.85. The number of amides is 1. The summed E-state index contributed by atoms with van der Waals surface area (Å²) in [5.74, 6) is -0.0704. The third-order valence-electron chi connectivity index (χ3n) is 5.68. The average Bonchev–Trinajstić information content (AvgIpc) is 3.51. The number of carbonyl (C=O) groups excluding carboxylic acids is 1. The van der Waals surface area contributed by atoms with Gasteiger partial charge in [0.1, 0.15) is 10.6 Å². The minimum atomic E-state index is -3.70. The van der Waals surface area contributed by atoms with Gasteiger partial charge in [0.05, 0.1) is 17.8 Å². The summed E-state index contributed by atoms with van der Waals surface area (Å²) in [6.07, 6.45) is 2.34. The summed E-state index contributed by atoms with van der Waals surface area (Å²) in [7, 11) is -2.27. The monoisotopic (exact) mass is 485 g/mol. The third kappa shape index (κ3) is 5.26. The van der Waals surface area contributed by atoms with E-state index in [1.54, 1.807) is 17.4 Å². The molecule has 4 rings (SSSR count). The molecule has 3 aromatic rings. The summed E-state index contributed by atoms with van der Waals surface area (Å²) < 4.78 is 32.8. The van der Waals surface area contributed by atoms with E-state index in [4.69, 9.17) is 4.74 Å². The Hall–Kier alpha value is -2.75. The number of thiazole rings is 1. The molecule has 1 saturated heterocycles. The van der Waals surface area contributed by atoms with Crippen molar-refractivity contribution in [3.63, 3.8) is 0 Å². The van der Waals surface area contributed by atoms with Gasteiger partial charge in [-0.15, -0.1) is 11.3 Å². The molecule has 0 saturated carbocycles. The van der Waals surface area contributed by atoms with Gasteiger partial charge in [0.15, 0.2) is 0 Å². The number of hydrogen-bond acceptors (Lipinski definition) is 6. The number of nitrogens with zero attached hydrogens (tertiary/aromatic N) is 2. The van der Waals surface area contributed by atoms with Crippen molar-refractivity contribution >= 4 is 27.3 Å². The van der Waals surface area contributed by atoms with Crippen LogP contribution in [-0.2, 0) is 16.4 Å². The molecular weight excluding hydrogens is 458 g/mol. The van der Waals surface area contributed by atoms with Crippen molar-refractivity contribution in [2.45, 2.75) is 31.1 Å². The number of ether oxygens (including phenoxy) is 1. The van der Waals surface area contributed by atoms with Gasteiger partial charge in [0, 0.05) is 36.1 Å². The first-order valence-corrected chi connectivity index (χ1v) is 13.2. The third-order valence-corrected chi connectivity index (χ3v) is 8.37. The molecule has 1 aliphatic rings. The number of benzene rings is 2. The Kier molecular flexibility index (Phi) is 7.11.